The molecule has 2 aromatic rings. The molecular formula is C14H15NO10S. The molecule has 0 radical (unpaired) electrons. The molecule has 11 nitrogen and oxygen atoms in total. The van der Waals surface area contributed by atoms with Crippen molar-refractivity contribution in [3.8, 4) is 0 Å². The van der Waals surface area contributed by atoms with Crippen molar-refractivity contribution in [1.29, 1.82) is 0 Å². The molecule has 2 aromatic heterocycles. The predicted molar refractivity (Wildman–Crippen MR) is 84.8 cm³/mol. The SMILES string of the molecule is Cc1oc(=O)oc1COC(=O)NCCSC(=O)OCc1oc(=O)oc1C. The van der Waals surface area contributed by atoms with Crippen LogP contribution in [0.3, 0.4) is 0 Å². The van der Waals surface area contributed by atoms with Crippen LogP contribution < -0.4 is 17.0 Å². The largest absolute Gasteiger partial charge is 0.519 e. The first-order chi connectivity index (χ1) is 12.3. The fraction of sp³-hybridized carbons (Fsp3) is 0.429. The summed E-state index contributed by atoms with van der Waals surface area (Å²) in [5.41, 5.74) is 0. The number of hydrogen-bond donors (Lipinski definition) is 1. The first kappa shape index (κ1) is 19.4. The van der Waals surface area contributed by atoms with Gasteiger partial charge in [0.2, 0.25) is 0 Å². The Morgan fingerprint density at radius 3 is 1.96 bits per heavy atom. The van der Waals surface area contributed by atoms with Crippen LogP contribution in [-0.2, 0) is 22.7 Å². The Bertz CT molecular complexity index is 801. The summed E-state index contributed by atoms with van der Waals surface area (Å²) in [5, 5.41) is 1.79. The van der Waals surface area contributed by atoms with Gasteiger partial charge in [-0.1, -0.05) is 0 Å². The summed E-state index contributed by atoms with van der Waals surface area (Å²) < 4.78 is 28.3. The van der Waals surface area contributed by atoms with Crippen LogP contribution in [0.2, 0.25) is 0 Å². The van der Waals surface area contributed by atoms with E-state index in [4.69, 9.17) is 9.47 Å². The van der Waals surface area contributed by atoms with Gasteiger partial charge in [0.15, 0.2) is 36.3 Å². The van der Waals surface area contributed by atoms with Crippen molar-refractivity contribution in [2.24, 2.45) is 0 Å². The molecule has 2 rings (SSSR count). The molecule has 0 unspecified atom stereocenters. The van der Waals surface area contributed by atoms with Gasteiger partial charge in [0.05, 0.1) is 0 Å². The van der Waals surface area contributed by atoms with E-state index in [-0.39, 0.29) is 48.6 Å². The lowest BCUT2D eigenvalue weighted by Crippen LogP contribution is -2.26. The molecule has 0 bridgehead atoms. The fourth-order valence-electron chi connectivity index (χ4n) is 1.65. The lowest BCUT2D eigenvalue weighted by atomic mass is 10.4. The number of carbonyl (C=O) groups excluding carboxylic acids is 2. The van der Waals surface area contributed by atoms with Gasteiger partial charge in [-0.25, -0.2) is 19.2 Å². The van der Waals surface area contributed by atoms with Gasteiger partial charge < -0.3 is 32.5 Å². The second-order valence-electron chi connectivity index (χ2n) is 4.76. The minimum Gasteiger partial charge on any atom is -0.449 e. The van der Waals surface area contributed by atoms with E-state index in [1.54, 1.807) is 0 Å². The summed E-state index contributed by atoms with van der Waals surface area (Å²) in [4.78, 5) is 44.7. The van der Waals surface area contributed by atoms with Crippen molar-refractivity contribution in [1.82, 2.24) is 5.32 Å². The molecule has 142 valence electrons. The maximum atomic E-state index is 11.5. The Kier molecular flexibility index (Phi) is 6.72. The molecule has 0 spiro atoms. The fourth-order valence-corrected chi connectivity index (χ4v) is 2.16. The topological polar surface area (TPSA) is 151 Å². The zero-order chi connectivity index (χ0) is 19.1. The van der Waals surface area contributed by atoms with Crippen LogP contribution in [0, 0.1) is 13.8 Å². The van der Waals surface area contributed by atoms with Gasteiger partial charge in [-0.15, -0.1) is 0 Å². The molecule has 26 heavy (non-hydrogen) atoms. The van der Waals surface area contributed by atoms with Crippen molar-refractivity contribution >= 4 is 23.2 Å². The molecule has 1 N–H and O–H groups in total. The van der Waals surface area contributed by atoms with Crippen LogP contribution in [0.5, 0.6) is 0 Å². The number of hydrogen-bond acceptors (Lipinski definition) is 11. The molecule has 0 aliphatic rings. The van der Waals surface area contributed by atoms with Crippen molar-refractivity contribution in [3.63, 3.8) is 0 Å². The lowest BCUT2D eigenvalue weighted by Gasteiger charge is -2.05. The average Bonchev–Trinajstić information content (AvgIpc) is 3.07. The van der Waals surface area contributed by atoms with Crippen LogP contribution in [-0.4, -0.2) is 23.7 Å². The Balaban J connectivity index is 1.59. The Labute approximate surface area is 149 Å². The number of amides is 1. The average molecular weight is 389 g/mol. The molecule has 1 amide bonds. The lowest BCUT2D eigenvalue weighted by molar-refractivity contribution is 0.131. The van der Waals surface area contributed by atoms with Crippen molar-refractivity contribution in [3.05, 3.63) is 44.3 Å². The summed E-state index contributed by atoms with van der Waals surface area (Å²) in [6, 6.07) is 0. The summed E-state index contributed by atoms with van der Waals surface area (Å²) in [6.45, 7) is 2.65. The van der Waals surface area contributed by atoms with Gasteiger partial charge in [-0.05, 0) is 25.6 Å². The highest BCUT2D eigenvalue weighted by Crippen LogP contribution is 2.11. The molecule has 0 fully saturated rings. The maximum absolute atomic E-state index is 11.5. The third kappa shape index (κ3) is 5.88. The Hall–Kier alpha value is -2.89. The number of ether oxygens (including phenoxy) is 2. The number of nitrogens with one attached hydrogen (secondary N) is 1. The van der Waals surface area contributed by atoms with Crippen molar-refractivity contribution < 1.29 is 36.7 Å². The molecule has 12 heteroatoms. The van der Waals surface area contributed by atoms with E-state index < -0.39 is 23.0 Å². The Morgan fingerprint density at radius 2 is 1.46 bits per heavy atom. The molecule has 0 aliphatic carbocycles. The summed E-state index contributed by atoms with van der Waals surface area (Å²) in [6.07, 6.45) is -0.752. The minimum atomic E-state index is -0.874. The molecule has 2 heterocycles. The van der Waals surface area contributed by atoms with Gasteiger partial charge in [0.25, 0.3) is 0 Å². The quantitative estimate of drug-likeness (QED) is 0.544. The molecule has 0 saturated heterocycles. The predicted octanol–water partition coefficient (Wildman–Crippen LogP) is 1.69. The zero-order valence-corrected chi connectivity index (χ0v) is 14.6. The smallest absolute Gasteiger partial charge is 0.449 e. The molecule has 0 aliphatic heterocycles. The molecule has 0 saturated carbocycles. The summed E-state index contributed by atoms with van der Waals surface area (Å²) in [5.74, 6) is -0.806. The van der Waals surface area contributed by atoms with Gasteiger partial charge in [0.1, 0.15) is 0 Å². The van der Waals surface area contributed by atoms with Crippen LogP contribution >= 0.6 is 11.8 Å². The third-order valence-electron chi connectivity index (χ3n) is 2.92. The number of alkyl carbamates (subject to hydrolysis) is 1. The number of thioether (sulfide) groups is 1. The van der Waals surface area contributed by atoms with Crippen molar-refractivity contribution in [2.45, 2.75) is 27.1 Å². The summed E-state index contributed by atoms with van der Waals surface area (Å²) >= 11 is 0.814. The van der Waals surface area contributed by atoms with Crippen LogP contribution in [0.1, 0.15) is 23.0 Å². The highest BCUT2D eigenvalue weighted by atomic mass is 32.2. The second kappa shape index (κ2) is 8.99. The zero-order valence-electron chi connectivity index (χ0n) is 13.8. The maximum Gasteiger partial charge on any atom is 0.519 e. The second-order valence-corrected chi connectivity index (χ2v) is 5.79. The van der Waals surface area contributed by atoms with E-state index >= 15 is 0 Å². The normalized spacial score (nSPS) is 10.5. The third-order valence-corrected chi connectivity index (χ3v) is 3.68. The number of carbonyl (C=O) groups is 2. The van der Waals surface area contributed by atoms with Gasteiger partial charge in [-0.3, -0.25) is 0 Å². The monoisotopic (exact) mass is 389 g/mol. The molecule has 0 atom stereocenters. The highest BCUT2D eigenvalue weighted by molar-refractivity contribution is 8.13. The first-order valence-corrected chi connectivity index (χ1v) is 8.22. The van der Waals surface area contributed by atoms with E-state index in [9.17, 15) is 19.2 Å². The van der Waals surface area contributed by atoms with Crippen LogP contribution in [0.25, 0.3) is 0 Å². The molecular weight excluding hydrogens is 374 g/mol. The van der Waals surface area contributed by atoms with E-state index in [2.05, 4.69) is 23.0 Å². The van der Waals surface area contributed by atoms with Gasteiger partial charge in [-0.2, -0.15) is 0 Å². The van der Waals surface area contributed by atoms with E-state index in [0.717, 1.165) is 11.8 Å². The van der Waals surface area contributed by atoms with Crippen LogP contribution in [0.15, 0.2) is 27.3 Å². The van der Waals surface area contributed by atoms with Gasteiger partial charge in [0, 0.05) is 12.3 Å². The standard InChI is InChI=1S/C14H15NO10S/c1-7-9(24-12(17)22-7)5-20-11(16)15-3-4-26-14(19)21-6-10-8(2)23-13(18)25-10/h3-6H2,1-2H3,(H,15,16). The highest BCUT2D eigenvalue weighted by Gasteiger charge is 2.13. The van der Waals surface area contributed by atoms with Crippen LogP contribution in [0.4, 0.5) is 9.59 Å². The first-order valence-electron chi connectivity index (χ1n) is 7.24. The van der Waals surface area contributed by atoms with E-state index in [1.165, 1.54) is 13.8 Å². The number of aryl methyl sites for hydroxylation is 2. The molecule has 0 aromatic carbocycles. The minimum absolute atomic E-state index is 0.115. The Morgan fingerprint density at radius 1 is 0.923 bits per heavy atom. The van der Waals surface area contributed by atoms with Crippen molar-refractivity contribution in [2.75, 3.05) is 12.3 Å². The van der Waals surface area contributed by atoms with E-state index in [0.29, 0.717) is 0 Å². The summed E-state index contributed by atoms with van der Waals surface area (Å²) in [7, 11) is 0. The van der Waals surface area contributed by atoms with Gasteiger partial charge >= 0.3 is 23.0 Å². The van der Waals surface area contributed by atoms with E-state index in [1.807, 2.05) is 0 Å². The number of rotatable bonds is 7.